The van der Waals surface area contributed by atoms with E-state index in [0.29, 0.717) is 0 Å². The summed E-state index contributed by atoms with van der Waals surface area (Å²) in [6.07, 6.45) is 12.8. The van der Waals surface area contributed by atoms with E-state index in [9.17, 15) is 19.8 Å². The van der Waals surface area contributed by atoms with Crippen molar-refractivity contribution in [2.45, 2.75) is 38.5 Å². The Balaban J connectivity index is 0.000000324. The van der Waals surface area contributed by atoms with Crippen molar-refractivity contribution < 1.29 is 19.8 Å². The van der Waals surface area contributed by atoms with Gasteiger partial charge < -0.3 is 19.8 Å². The van der Waals surface area contributed by atoms with E-state index >= 15 is 0 Å². The van der Waals surface area contributed by atoms with Gasteiger partial charge in [0.25, 0.3) is 0 Å². The molecule has 0 spiro atoms. The number of hydrogen-bond acceptors (Lipinski definition) is 4. The van der Waals surface area contributed by atoms with Crippen LogP contribution in [0.25, 0.3) is 0 Å². The Hall–Kier alpha value is -0.00857. The Bertz CT molecular complexity index is 315. The molecule has 5 heteroatoms. The summed E-state index contributed by atoms with van der Waals surface area (Å²) in [7, 11) is 0. The standard InChI is InChI=1S/2C7H10O2.Ba/c2*8-7(9)6-4-2-1-3-5-6;/h2*2,4,6H,1,3,5H2,(H,8,9);/q;;+2/p-2. The van der Waals surface area contributed by atoms with E-state index in [2.05, 4.69) is 0 Å². The van der Waals surface area contributed by atoms with Crippen LogP contribution in [-0.2, 0) is 9.59 Å². The van der Waals surface area contributed by atoms with Crippen LogP contribution < -0.4 is 10.2 Å². The van der Waals surface area contributed by atoms with Gasteiger partial charge in [0.2, 0.25) is 0 Å². The van der Waals surface area contributed by atoms with E-state index in [1.54, 1.807) is 12.2 Å². The molecule has 2 atom stereocenters. The van der Waals surface area contributed by atoms with E-state index in [1.807, 2.05) is 12.2 Å². The maximum absolute atomic E-state index is 10.2. The van der Waals surface area contributed by atoms with Gasteiger partial charge in [0, 0.05) is 23.8 Å². The second-order valence-corrected chi connectivity index (χ2v) is 4.57. The third kappa shape index (κ3) is 7.99. The Kier molecular flexibility index (Phi) is 10.7. The largest absolute Gasteiger partial charge is 2.00 e. The van der Waals surface area contributed by atoms with E-state index in [1.165, 1.54) is 0 Å². The smallest absolute Gasteiger partial charge is 0.550 e. The van der Waals surface area contributed by atoms with Crippen molar-refractivity contribution >= 4 is 60.8 Å². The predicted molar refractivity (Wildman–Crippen MR) is 68.7 cm³/mol. The molecule has 2 aliphatic carbocycles. The molecule has 100 valence electrons. The molecule has 0 fully saturated rings. The van der Waals surface area contributed by atoms with Crippen LogP contribution in [0.2, 0.25) is 0 Å². The average Bonchev–Trinajstić information content (AvgIpc) is 2.41. The number of carbonyl (C=O) groups excluding carboxylic acids is 2. The minimum Gasteiger partial charge on any atom is -0.550 e. The first-order valence-corrected chi connectivity index (χ1v) is 6.36. The van der Waals surface area contributed by atoms with Crippen molar-refractivity contribution in [3.63, 3.8) is 0 Å². The number of carboxylic acids is 2. The molecule has 2 unspecified atom stereocenters. The molecular formula is C14H18BaO4. The summed E-state index contributed by atoms with van der Waals surface area (Å²) in [6.45, 7) is 0. The van der Waals surface area contributed by atoms with Crippen molar-refractivity contribution in [3.8, 4) is 0 Å². The molecule has 2 aliphatic rings. The third-order valence-corrected chi connectivity index (χ3v) is 3.11. The van der Waals surface area contributed by atoms with Crippen LogP contribution >= 0.6 is 0 Å². The number of carboxylic acid groups (broad SMARTS) is 2. The maximum atomic E-state index is 10.2. The molecule has 0 aromatic heterocycles. The quantitative estimate of drug-likeness (QED) is 0.486. The van der Waals surface area contributed by atoms with Crippen LogP contribution in [0.15, 0.2) is 24.3 Å². The van der Waals surface area contributed by atoms with Gasteiger partial charge in [-0.3, -0.25) is 0 Å². The van der Waals surface area contributed by atoms with Gasteiger partial charge in [0.15, 0.2) is 0 Å². The first-order valence-electron chi connectivity index (χ1n) is 6.36. The molecule has 0 saturated carbocycles. The summed E-state index contributed by atoms with van der Waals surface area (Å²) >= 11 is 0. The Morgan fingerprint density at radius 2 is 1.21 bits per heavy atom. The summed E-state index contributed by atoms with van der Waals surface area (Å²) in [5.74, 6) is -2.52. The number of hydrogen-bond donors (Lipinski definition) is 0. The summed E-state index contributed by atoms with van der Waals surface area (Å²) in [4.78, 5) is 20.4. The van der Waals surface area contributed by atoms with Gasteiger partial charge >= 0.3 is 48.9 Å². The first-order chi connectivity index (χ1) is 8.61. The van der Waals surface area contributed by atoms with Gasteiger partial charge in [-0.25, -0.2) is 0 Å². The Morgan fingerprint density at radius 3 is 1.37 bits per heavy atom. The molecular weight excluding hydrogens is 369 g/mol. The molecule has 0 heterocycles. The number of allylic oxidation sites excluding steroid dienone is 2. The minimum absolute atomic E-state index is 0. The van der Waals surface area contributed by atoms with Crippen LogP contribution in [0.5, 0.6) is 0 Å². The second kappa shape index (κ2) is 10.7. The zero-order valence-electron chi connectivity index (χ0n) is 11.0. The van der Waals surface area contributed by atoms with Gasteiger partial charge in [-0.05, 0) is 38.5 Å². The summed E-state index contributed by atoms with van der Waals surface area (Å²) < 4.78 is 0. The molecule has 0 aliphatic heterocycles. The van der Waals surface area contributed by atoms with Crippen LogP contribution in [0.3, 0.4) is 0 Å². The predicted octanol–water partition coefficient (Wildman–Crippen LogP) is -0.196. The van der Waals surface area contributed by atoms with Gasteiger partial charge in [-0.1, -0.05) is 24.3 Å². The van der Waals surface area contributed by atoms with E-state index in [0.717, 1.165) is 38.5 Å². The van der Waals surface area contributed by atoms with Crippen molar-refractivity contribution in [1.82, 2.24) is 0 Å². The second-order valence-electron chi connectivity index (χ2n) is 4.57. The van der Waals surface area contributed by atoms with Crippen LogP contribution in [0, 0.1) is 11.8 Å². The molecule has 0 saturated heterocycles. The Labute approximate surface area is 154 Å². The maximum Gasteiger partial charge on any atom is 2.00 e. The fourth-order valence-corrected chi connectivity index (χ4v) is 2.02. The molecule has 0 amide bonds. The van der Waals surface area contributed by atoms with Crippen molar-refractivity contribution in [3.05, 3.63) is 24.3 Å². The van der Waals surface area contributed by atoms with Crippen molar-refractivity contribution in [2.24, 2.45) is 11.8 Å². The molecule has 2 rings (SSSR count). The third-order valence-electron chi connectivity index (χ3n) is 3.11. The normalized spacial score (nSPS) is 24.6. The van der Waals surface area contributed by atoms with Crippen LogP contribution in [0.1, 0.15) is 38.5 Å². The topological polar surface area (TPSA) is 80.3 Å². The summed E-state index contributed by atoms with van der Waals surface area (Å²) in [6, 6.07) is 0. The van der Waals surface area contributed by atoms with Crippen molar-refractivity contribution in [1.29, 1.82) is 0 Å². The molecule has 0 aromatic rings. The number of aliphatic carboxylic acids is 2. The van der Waals surface area contributed by atoms with E-state index in [-0.39, 0.29) is 60.7 Å². The Morgan fingerprint density at radius 1 is 0.842 bits per heavy atom. The van der Waals surface area contributed by atoms with Crippen LogP contribution in [0.4, 0.5) is 0 Å². The van der Waals surface area contributed by atoms with Crippen molar-refractivity contribution in [2.75, 3.05) is 0 Å². The fourth-order valence-electron chi connectivity index (χ4n) is 2.02. The molecule has 0 bridgehead atoms. The van der Waals surface area contributed by atoms with Gasteiger partial charge in [0.1, 0.15) is 0 Å². The van der Waals surface area contributed by atoms with E-state index in [4.69, 9.17) is 0 Å². The SMILES string of the molecule is O=C([O-])C1C=CCCC1.O=C([O-])C1C=CCCC1.[Ba+2]. The average molecular weight is 388 g/mol. The zero-order valence-corrected chi connectivity index (χ0v) is 15.5. The monoisotopic (exact) mass is 388 g/mol. The van der Waals surface area contributed by atoms with Crippen LogP contribution in [-0.4, -0.2) is 60.8 Å². The van der Waals surface area contributed by atoms with E-state index < -0.39 is 11.9 Å². The van der Waals surface area contributed by atoms with Gasteiger partial charge in [-0.15, -0.1) is 0 Å². The number of rotatable bonds is 2. The molecule has 4 nitrogen and oxygen atoms in total. The first kappa shape index (κ1) is 19.0. The molecule has 0 N–H and O–H groups in total. The summed E-state index contributed by atoms with van der Waals surface area (Å²) in [5.41, 5.74) is 0. The zero-order chi connectivity index (χ0) is 13.4. The van der Waals surface area contributed by atoms with Gasteiger partial charge in [-0.2, -0.15) is 0 Å². The number of carbonyl (C=O) groups is 2. The van der Waals surface area contributed by atoms with Gasteiger partial charge in [0.05, 0.1) is 0 Å². The molecule has 0 radical (unpaired) electrons. The fraction of sp³-hybridized carbons (Fsp3) is 0.571. The minimum atomic E-state index is -0.939. The molecule has 0 aromatic carbocycles. The molecule has 19 heavy (non-hydrogen) atoms. The summed E-state index contributed by atoms with van der Waals surface area (Å²) in [5, 5.41) is 20.4.